The van der Waals surface area contributed by atoms with Crippen molar-refractivity contribution < 1.29 is 17.9 Å². The zero-order valence-corrected chi connectivity index (χ0v) is 16.0. The molecule has 0 aliphatic rings. The van der Waals surface area contributed by atoms with Crippen molar-refractivity contribution in [3.63, 3.8) is 0 Å². The summed E-state index contributed by atoms with van der Waals surface area (Å²) in [5.41, 5.74) is 0. The summed E-state index contributed by atoms with van der Waals surface area (Å²) in [6.45, 7) is 10.9. The molecule has 0 heterocycles. The van der Waals surface area contributed by atoms with Gasteiger partial charge in [0, 0.05) is 0 Å². The van der Waals surface area contributed by atoms with Crippen molar-refractivity contribution in [2.45, 2.75) is 54.4 Å². The predicted octanol–water partition coefficient (Wildman–Crippen LogP) is 5.51. The van der Waals surface area contributed by atoms with E-state index < -0.39 is 14.7 Å². The predicted molar refractivity (Wildman–Crippen MR) is 90.3 cm³/mol. The van der Waals surface area contributed by atoms with Crippen LogP contribution in [0.25, 0.3) is 0 Å². The molecule has 6 heteroatoms. The topological polar surface area (TPSA) is 44.8 Å². The SMILES string of the molecule is CCCOP(=O)(OCCC)OP(CC)(CC)(CC)CC. The fourth-order valence-electron chi connectivity index (χ4n) is 2.35. The van der Waals surface area contributed by atoms with Crippen molar-refractivity contribution in [2.24, 2.45) is 0 Å². The molecule has 0 unspecified atom stereocenters. The fourth-order valence-corrected chi connectivity index (χ4v) is 10.4. The first-order valence-corrected chi connectivity index (χ1v) is 12.4. The fraction of sp³-hybridized carbons (Fsp3) is 1.00. The molecule has 124 valence electrons. The van der Waals surface area contributed by atoms with Gasteiger partial charge in [0.1, 0.15) is 0 Å². The Labute approximate surface area is 125 Å². The Morgan fingerprint density at radius 3 is 1.35 bits per heavy atom. The Morgan fingerprint density at radius 1 is 0.750 bits per heavy atom. The van der Waals surface area contributed by atoms with E-state index in [0.29, 0.717) is 13.2 Å². The number of hydrogen-bond donors (Lipinski definition) is 0. The van der Waals surface area contributed by atoms with E-state index in [4.69, 9.17) is 13.4 Å². The van der Waals surface area contributed by atoms with Crippen molar-refractivity contribution in [1.82, 2.24) is 0 Å². The Kier molecular flexibility index (Phi) is 9.09. The second-order valence-corrected chi connectivity index (χ2v) is 13.6. The van der Waals surface area contributed by atoms with Crippen molar-refractivity contribution in [3.05, 3.63) is 0 Å². The van der Waals surface area contributed by atoms with Gasteiger partial charge in [-0.05, 0) is 0 Å². The first kappa shape index (κ1) is 20.5. The standard InChI is InChI=1S/C14H34O4P2/c1-7-13-16-19(15,17-14-8-2)18-20(9-3,10-4,11-5)12-6/h7-14H2,1-6H3. The van der Waals surface area contributed by atoms with Crippen LogP contribution in [0.5, 0.6) is 0 Å². The van der Waals surface area contributed by atoms with Crippen molar-refractivity contribution in [1.29, 1.82) is 0 Å². The molecular weight excluding hydrogens is 294 g/mol. The molecule has 0 rings (SSSR count). The number of phosphoric acid groups is 1. The van der Waals surface area contributed by atoms with Crippen LogP contribution in [0.3, 0.4) is 0 Å². The van der Waals surface area contributed by atoms with Crippen LogP contribution in [-0.4, -0.2) is 37.9 Å². The first-order valence-electron chi connectivity index (χ1n) is 8.00. The second-order valence-electron chi connectivity index (χ2n) is 5.32. The third kappa shape index (κ3) is 5.07. The molecule has 0 bridgehead atoms. The molecule has 0 atom stereocenters. The maximum absolute atomic E-state index is 13.0. The molecule has 0 aliphatic heterocycles. The number of rotatable bonds is 12. The maximum atomic E-state index is 13.0. The van der Waals surface area contributed by atoms with E-state index in [1.165, 1.54) is 0 Å². The van der Waals surface area contributed by atoms with Crippen LogP contribution in [0, 0.1) is 0 Å². The summed E-state index contributed by atoms with van der Waals surface area (Å²) in [6, 6.07) is 0. The van der Waals surface area contributed by atoms with Gasteiger partial charge in [0.25, 0.3) is 0 Å². The van der Waals surface area contributed by atoms with E-state index in [9.17, 15) is 4.57 Å². The summed E-state index contributed by atoms with van der Waals surface area (Å²) in [4.78, 5) is 0. The molecule has 0 aliphatic carbocycles. The summed E-state index contributed by atoms with van der Waals surface area (Å²) in [7, 11) is -3.45. The Morgan fingerprint density at radius 2 is 1.10 bits per heavy atom. The van der Waals surface area contributed by atoms with Gasteiger partial charge < -0.3 is 0 Å². The van der Waals surface area contributed by atoms with E-state index in [2.05, 4.69) is 27.7 Å². The van der Waals surface area contributed by atoms with Gasteiger partial charge >= 0.3 is 125 Å². The summed E-state index contributed by atoms with van der Waals surface area (Å²) in [5.74, 6) is 0. The quantitative estimate of drug-likeness (QED) is 0.443. The Hall–Kier alpha value is 0.540. The van der Waals surface area contributed by atoms with Crippen molar-refractivity contribution in [3.8, 4) is 0 Å². The van der Waals surface area contributed by atoms with Crippen molar-refractivity contribution in [2.75, 3.05) is 37.9 Å². The average molecular weight is 328 g/mol. The second kappa shape index (κ2) is 8.86. The van der Waals surface area contributed by atoms with Gasteiger partial charge in [-0.2, -0.15) is 0 Å². The molecule has 0 radical (unpaired) electrons. The van der Waals surface area contributed by atoms with Gasteiger partial charge in [-0.1, -0.05) is 0 Å². The zero-order valence-electron chi connectivity index (χ0n) is 14.2. The normalized spacial score (nSPS) is 15.0. The van der Waals surface area contributed by atoms with E-state index in [1.54, 1.807) is 0 Å². The van der Waals surface area contributed by atoms with Crippen LogP contribution in [0.15, 0.2) is 0 Å². The zero-order chi connectivity index (χ0) is 15.7. The number of phosphoric ester groups is 1. The Bertz CT molecular complexity index is 281. The molecular formula is C14H34O4P2. The first-order chi connectivity index (χ1) is 9.38. The molecule has 0 aromatic heterocycles. The third-order valence-electron chi connectivity index (χ3n) is 4.44. The molecule has 0 N–H and O–H groups in total. The van der Waals surface area contributed by atoms with Gasteiger partial charge in [-0.3, -0.25) is 0 Å². The molecule has 0 amide bonds. The molecule has 20 heavy (non-hydrogen) atoms. The minimum atomic E-state index is -3.45. The average Bonchev–Trinajstić information content (AvgIpc) is 2.50. The van der Waals surface area contributed by atoms with Gasteiger partial charge in [0.15, 0.2) is 0 Å². The Balaban J connectivity index is 5.32. The summed E-state index contributed by atoms with van der Waals surface area (Å²) >= 11 is 0. The molecule has 0 spiro atoms. The molecule has 0 aromatic rings. The van der Waals surface area contributed by atoms with E-state index in [0.717, 1.165) is 37.5 Å². The van der Waals surface area contributed by atoms with Crippen LogP contribution >= 0.6 is 14.7 Å². The van der Waals surface area contributed by atoms with E-state index >= 15 is 0 Å². The van der Waals surface area contributed by atoms with E-state index in [-0.39, 0.29) is 0 Å². The summed E-state index contributed by atoms with van der Waals surface area (Å²) in [6.07, 6.45) is 5.28. The minimum absolute atomic E-state index is 0.411. The molecule has 0 fully saturated rings. The summed E-state index contributed by atoms with van der Waals surface area (Å²) in [5, 5.41) is 0. The molecule has 0 aromatic carbocycles. The monoisotopic (exact) mass is 328 g/mol. The molecule has 0 saturated carbocycles. The molecule has 0 saturated heterocycles. The van der Waals surface area contributed by atoms with Crippen LogP contribution in [-0.2, 0) is 17.9 Å². The van der Waals surface area contributed by atoms with E-state index in [1.807, 2.05) is 13.8 Å². The van der Waals surface area contributed by atoms with Crippen LogP contribution in [0.2, 0.25) is 0 Å². The van der Waals surface area contributed by atoms with Gasteiger partial charge in [0.05, 0.1) is 0 Å². The van der Waals surface area contributed by atoms with Gasteiger partial charge in [-0.15, -0.1) is 0 Å². The summed E-state index contributed by atoms with van der Waals surface area (Å²) < 4.78 is 30.2. The van der Waals surface area contributed by atoms with Crippen LogP contribution in [0.1, 0.15) is 54.4 Å². The van der Waals surface area contributed by atoms with Crippen LogP contribution < -0.4 is 0 Å². The van der Waals surface area contributed by atoms with Gasteiger partial charge in [0.2, 0.25) is 0 Å². The van der Waals surface area contributed by atoms with Crippen LogP contribution in [0.4, 0.5) is 0 Å². The van der Waals surface area contributed by atoms with Gasteiger partial charge in [-0.25, -0.2) is 0 Å². The van der Waals surface area contributed by atoms with Crippen molar-refractivity contribution >= 4 is 14.7 Å². The third-order valence-corrected chi connectivity index (χ3v) is 14.5. The molecule has 4 nitrogen and oxygen atoms in total. The number of hydrogen-bond acceptors (Lipinski definition) is 4.